The Morgan fingerprint density at radius 3 is 2.46 bits per heavy atom. The summed E-state index contributed by atoms with van der Waals surface area (Å²) in [5.41, 5.74) is 2.03. The summed E-state index contributed by atoms with van der Waals surface area (Å²) in [6.45, 7) is 4.25. The number of anilines is 2. The van der Waals surface area contributed by atoms with E-state index in [9.17, 15) is 21.6 Å². The van der Waals surface area contributed by atoms with E-state index in [0.29, 0.717) is 33.2 Å². The Kier molecular flexibility index (Phi) is 9.50. The van der Waals surface area contributed by atoms with Crippen LogP contribution in [0.15, 0.2) is 41.3 Å². The lowest BCUT2D eigenvalue weighted by Crippen LogP contribution is -2.53. The lowest BCUT2D eigenvalue weighted by molar-refractivity contribution is -0.143. The molecule has 0 unspecified atom stereocenters. The molecule has 1 saturated carbocycles. The van der Waals surface area contributed by atoms with E-state index in [1.807, 2.05) is 12.1 Å². The third-order valence-electron chi connectivity index (χ3n) is 9.61. The van der Waals surface area contributed by atoms with E-state index in [4.69, 9.17) is 9.47 Å². The van der Waals surface area contributed by atoms with E-state index in [0.717, 1.165) is 68.6 Å². The maximum atomic E-state index is 13.7. The minimum Gasteiger partial charge on any atom is -0.495 e. The first kappa shape index (κ1) is 32.9. The Bertz CT molecular complexity index is 1720. The van der Waals surface area contributed by atoms with Crippen LogP contribution in [-0.2, 0) is 21.0 Å². The van der Waals surface area contributed by atoms with Crippen molar-refractivity contribution in [1.82, 2.24) is 4.90 Å². The average molecular weight is 676 g/mol. The fourth-order valence-electron chi connectivity index (χ4n) is 6.92. The monoisotopic (exact) mass is 675 g/mol. The van der Waals surface area contributed by atoms with Crippen LogP contribution in [0.5, 0.6) is 5.75 Å². The molecule has 1 aromatic heterocycles. The molecule has 2 aromatic carbocycles. The number of hydrogen-bond donors (Lipinski definition) is 2. The summed E-state index contributed by atoms with van der Waals surface area (Å²) >= 11 is 1.30. The van der Waals surface area contributed by atoms with Gasteiger partial charge in [0.05, 0.1) is 59.1 Å². The zero-order chi connectivity index (χ0) is 32.5. The predicted octanol–water partition coefficient (Wildman–Crippen LogP) is 6.72. The molecule has 3 aliphatic rings. The number of nitrogens with one attached hydrogen (secondary N) is 2. The van der Waals surface area contributed by atoms with Crippen LogP contribution in [0, 0.1) is 17.3 Å². The van der Waals surface area contributed by atoms with Gasteiger partial charge in [-0.05, 0) is 80.8 Å². The number of likely N-dealkylation sites (tertiary alicyclic amines) is 1. The van der Waals surface area contributed by atoms with Crippen molar-refractivity contribution in [3.8, 4) is 17.6 Å². The van der Waals surface area contributed by atoms with E-state index < -0.39 is 22.4 Å². The second-order valence-corrected chi connectivity index (χ2v) is 15.9. The van der Waals surface area contributed by atoms with Crippen LogP contribution in [0.4, 0.5) is 24.5 Å². The summed E-state index contributed by atoms with van der Waals surface area (Å²) in [5, 5.41) is 7.34. The third-order valence-corrected chi connectivity index (χ3v) is 11.9. The predicted molar refractivity (Wildman–Crippen MR) is 177 cm³/mol. The first-order valence-corrected chi connectivity index (χ1v) is 18.4. The molecular weight excluding hydrogens is 636 g/mol. The molecule has 3 heterocycles. The fourth-order valence-corrected chi connectivity index (χ4v) is 8.73. The molecule has 0 amide bonds. The van der Waals surface area contributed by atoms with E-state index in [1.165, 1.54) is 43.4 Å². The van der Waals surface area contributed by atoms with Crippen molar-refractivity contribution in [2.45, 2.75) is 68.1 Å². The Balaban J connectivity index is 1.14. The van der Waals surface area contributed by atoms with Gasteiger partial charge in [0.25, 0.3) is 0 Å². The number of sulfone groups is 1. The van der Waals surface area contributed by atoms with Crippen molar-refractivity contribution in [1.29, 1.82) is 0 Å². The van der Waals surface area contributed by atoms with Crippen molar-refractivity contribution >= 4 is 42.6 Å². The molecule has 2 aliphatic heterocycles. The number of ether oxygens (including phenoxy) is 2. The smallest absolute Gasteiger partial charge is 0.393 e. The van der Waals surface area contributed by atoms with E-state index in [-0.39, 0.29) is 23.0 Å². The highest BCUT2D eigenvalue weighted by Gasteiger charge is 2.42. The van der Waals surface area contributed by atoms with Gasteiger partial charge in [0, 0.05) is 29.8 Å². The highest BCUT2D eigenvalue weighted by Crippen LogP contribution is 2.42. The molecule has 3 aromatic rings. The van der Waals surface area contributed by atoms with Gasteiger partial charge in [0.15, 0.2) is 9.84 Å². The summed E-state index contributed by atoms with van der Waals surface area (Å²) in [4.78, 5) is 3.18. The zero-order valence-corrected chi connectivity index (χ0v) is 27.8. The molecule has 12 heteroatoms. The molecule has 6 rings (SSSR count). The van der Waals surface area contributed by atoms with Crippen LogP contribution < -0.4 is 15.4 Å². The number of hydrogen-bond acceptors (Lipinski definition) is 8. The van der Waals surface area contributed by atoms with Gasteiger partial charge in [-0.1, -0.05) is 24.0 Å². The number of benzene rings is 2. The van der Waals surface area contributed by atoms with Crippen LogP contribution >= 0.6 is 11.3 Å². The maximum Gasteiger partial charge on any atom is 0.393 e. The van der Waals surface area contributed by atoms with E-state index in [2.05, 4.69) is 27.4 Å². The third kappa shape index (κ3) is 7.43. The van der Waals surface area contributed by atoms with Crippen LogP contribution in [0.2, 0.25) is 0 Å². The minimum atomic E-state index is -4.38. The number of methoxy groups -OCH3 is 1. The second-order valence-electron chi connectivity index (χ2n) is 12.9. The number of fused-ring (bicyclic) bond motifs is 1. The Labute approximate surface area is 272 Å². The standard InChI is InChI=1S/C34H40F3N3O4S2/c1-43-30-19-25(46(2,41)42)12-13-28(30)38-16-4-7-31-27(20-34(35,36)37)26-5-3-6-29(32(26)45-31)39-23-8-10-24(11-9-23)40-17-14-33(15-18-40)21-44-22-33/h3,5-6,12-13,19,23-24,38-39H,8-11,14-18,20-22H2,1-2H3. The molecule has 248 valence electrons. The molecule has 1 spiro atoms. The number of thiophene rings is 1. The number of piperidine rings is 1. The fraction of sp³-hybridized carbons (Fsp3) is 0.529. The normalized spacial score (nSPS) is 21.8. The van der Waals surface area contributed by atoms with Crippen LogP contribution in [0.1, 0.15) is 49.0 Å². The van der Waals surface area contributed by atoms with Gasteiger partial charge in [0.2, 0.25) is 0 Å². The van der Waals surface area contributed by atoms with E-state index >= 15 is 0 Å². The molecule has 2 N–H and O–H groups in total. The highest BCUT2D eigenvalue weighted by molar-refractivity contribution is 7.90. The first-order chi connectivity index (χ1) is 21.9. The minimum absolute atomic E-state index is 0.125. The molecule has 46 heavy (non-hydrogen) atoms. The van der Waals surface area contributed by atoms with Crippen molar-refractivity contribution in [2.24, 2.45) is 5.41 Å². The van der Waals surface area contributed by atoms with E-state index in [1.54, 1.807) is 12.1 Å². The van der Waals surface area contributed by atoms with Crippen molar-refractivity contribution in [2.75, 3.05) is 56.8 Å². The quantitative estimate of drug-likeness (QED) is 0.257. The summed E-state index contributed by atoms with van der Waals surface area (Å²) in [5.74, 6) is 6.28. The van der Waals surface area contributed by atoms with Gasteiger partial charge in [-0.3, -0.25) is 0 Å². The topological polar surface area (TPSA) is 79.9 Å². The number of rotatable bonds is 8. The first-order valence-electron chi connectivity index (χ1n) is 15.7. The summed E-state index contributed by atoms with van der Waals surface area (Å²) in [6, 6.07) is 10.9. The van der Waals surface area contributed by atoms with Crippen molar-refractivity contribution < 1.29 is 31.1 Å². The zero-order valence-electron chi connectivity index (χ0n) is 26.1. The SMILES string of the molecule is COc1cc(S(C)(=O)=O)ccc1NCC#Cc1sc2c(NC3CCC(N4CCC5(CC4)COC5)CC3)cccc2c1CC(F)(F)F. The number of alkyl halides is 3. The Morgan fingerprint density at radius 2 is 1.83 bits per heavy atom. The lowest BCUT2D eigenvalue weighted by atomic mass is 9.76. The van der Waals surface area contributed by atoms with Crippen LogP contribution in [-0.4, -0.2) is 77.8 Å². The lowest BCUT2D eigenvalue weighted by Gasteiger charge is -2.49. The van der Waals surface area contributed by atoms with Crippen molar-refractivity contribution in [3.05, 3.63) is 46.8 Å². The van der Waals surface area contributed by atoms with Crippen LogP contribution in [0.3, 0.4) is 0 Å². The summed E-state index contributed by atoms with van der Waals surface area (Å²) in [7, 11) is -1.97. The number of nitrogens with zero attached hydrogens (tertiary/aromatic N) is 1. The summed E-state index contributed by atoms with van der Waals surface area (Å²) < 4.78 is 76.5. The molecule has 0 atom stereocenters. The highest BCUT2D eigenvalue weighted by atomic mass is 32.2. The largest absolute Gasteiger partial charge is 0.495 e. The van der Waals surface area contributed by atoms with Gasteiger partial charge in [-0.15, -0.1) is 11.3 Å². The molecule has 7 nitrogen and oxygen atoms in total. The molecule has 0 radical (unpaired) electrons. The van der Waals surface area contributed by atoms with Gasteiger partial charge in [-0.2, -0.15) is 13.2 Å². The van der Waals surface area contributed by atoms with Crippen molar-refractivity contribution in [3.63, 3.8) is 0 Å². The van der Waals surface area contributed by atoms with Gasteiger partial charge < -0.3 is 25.0 Å². The molecule has 2 saturated heterocycles. The number of halogens is 3. The van der Waals surface area contributed by atoms with Gasteiger partial charge >= 0.3 is 6.18 Å². The molecule has 3 fully saturated rings. The Morgan fingerprint density at radius 1 is 1.09 bits per heavy atom. The Hall–Kier alpha value is -2.98. The maximum absolute atomic E-state index is 13.7. The van der Waals surface area contributed by atoms with Crippen LogP contribution in [0.25, 0.3) is 10.1 Å². The molecular formula is C34H40F3N3O4S2. The second kappa shape index (κ2) is 13.3. The molecule has 0 bridgehead atoms. The summed E-state index contributed by atoms with van der Waals surface area (Å²) in [6.07, 6.45) is 2.42. The molecule has 1 aliphatic carbocycles. The van der Waals surface area contributed by atoms with Gasteiger partial charge in [-0.25, -0.2) is 8.42 Å². The average Bonchev–Trinajstić information content (AvgIpc) is 3.35. The van der Waals surface area contributed by atoms with Gasteiger partial charge in [0.1, 0.15) is 5.75 Å².